The summed E-state index contributed by atoms with van der Waals surface area (Å²) < 4.78 is 13.3. The van der Waals surface area contributed by atoms with Crippen LogP contribution in [0.25, 0.3) is 0 Å². The fourth-order valence-electron chi connectivity index (χ4n) is 3.02. The summed E-state index contributed by atoms with van der Waals surface area (Å²) in [6.07, 6.45) is 1.67. The number of aromatic nitrogens is 2. The number of halogens is 1. The number of benzene rings is 1. The van der Waals surface area contributed by atoms with Crippen LogP contribution < -0.4 is 5.32 Å². The van der Waals surface area contributed by atoms with Crippen LogP contribution in [0.3, 0.4) is 0 Å². The van der Waals surface area contributed by atoms with Crippen LogP contribution in [0.1, 0.15) is 43.4 Å². The van der Waals surface area contributed by atoms with Crippen LogP contribution in [0.2, 0.25) is 0 Å². The van der Waals surface area contributed by atoms with Crippen molar-refractivity contribution < 1.29 is 14.0 Å². The fraction of sp³-hybridized carbons (Fsp3) is 0.222. The molecule has 1 aromatic carbocycles. The lowest BCUT2D eigenvalue weighted by Gasteiger charge is -2.21. The normalized spacial score (nSPS) is 16.5. The maximum Gasteiger partial charge on any atom is 0.286 e. The maximum atomic E-state index is 13.3. The average Bonchev–Trinajstić information content (AvgIpc) is 3.41. The minimum absolute atomic E-state index is 0.0199. The Morgan fingerprint density at radius 3 is 2.89 bits per heavy atom. The quantitative estimate of drug-likeness (QED) is 0.717. The Hall–Kier alpha value is -2.65. The zero-order chi connectivity index (χ0) is 18.8. The SMILES string of the molecule is O=C(Nc1cccc(F)c1)c1nnc([C@H]2CCCN2C(=O)c2cccs2)s1. The van der Waals surface area contributed by atoms with Gasteiger partial charge in [0.2, 0.25) is 5.01 Å². The number of thiophene rings is 1. The lowest BCUT2D eigenvalue weighted by molar-refractivity contribution is 0.0739. The summed E-state index contributed by atoms with van der Waals surface area (Å²) >= 11 is 2.57. The Morgan fingerprint density at radius 2 is 2.11 bits per heavy atom. The van der Waals surface area contributed by atoms with E-state index in [0.717, 1.165) is 24.2 Å². The van der Waals surface area contributed by atoms with Crippen molar-refractivity contribution in [3.05, 3.63) is 62.5 Å². The van der Waals surface area contributed by atoms with Crippen LogP contribution in [0.4, 0.5) is 10.1 Å². The fourth-order valence-corrected chi connectivity index (χ4v) is 4.59. The average molecular weight is 402 g/mol. The summed E-state index contributed by atoms with van der Waals surface area (Å²) in [5.41, 5.74) is 0.354. The lowest BCUT2D eigenvalue weighted by atomic mass is 10.2. The highest BCUT2D eigenvalue weighted by molar-refractivity contribution is 7.13. The first-order valence-corrected chi connectivity index (χ1v) is 10.1. The number of amides is 2. The van der Waals surface area contributed by atoms with Gasteiger partial charge in [-0.25, -0.2) is 4.39 Å². The minimum Gasteiger partial charge on any atom is -0.328 e. The standard InChI is InChI=1S/C18H15FN4O2S2/c19-11-4-1-5-12(10-11)20-15(24)17-22-21-16(27-17)13-6-2-8-23(13)18(25)14-7-3-9-26-14/h1,3-5,7,9-10,13H,2,6,8H2,(H,20,24)/t13-/m1/s1. The molecule has 6 nitrogen and oxygen atoms in total. The van der Waals surface area contributed by atoms with Gasteiger partial charge in [-0.3, -0.25) is 9.59 Å². The zero-order valence-electron chi connectivity index (χ0n) is 14.1. The summed E-state index contributed by atoms with van der Waals surface area (Å²) in [6.45, 7) is 0.659. The molecule has 27 heavy (non-hydrogen) atoms. The van der Waals surface area contributed by atoms with Gasteiger partial charge in [0.05, 0.1) is 10.9 Å². The summed E-state index contributed by atoms with van der Waals surface area (Å²) in [7, 11) is 0. The third-order valence-corrected chi connectivity index (χ3v) is 6.13. The number of carbonyl (C=O) groups excluding carboxylic acids is 2. The molecule has 0 bridgehead atoms. The topological polar surface area (TPSA) is 75.2 Å². The van der Waals surface area contributed by atoms with E-state index in [1.807, 2.05) is 11.4 Å². The Morgan fingerprint density at radius 1 is 1.22 bits per heavy atom. The van der Waals surface area contributed by atoms with Crippen LogP contribution in [0.15, 0.2) is 41.8 Å². The molecule has 0 saturated carbocycles. The van der Waals surface area contributed by atoms with Gasteiger partial charge in [-0.05, 0) is 42.5 Å². The molecule has 1 fully saturated rings. The van der Waals surface area contributed by atoms with E-state index in [0.29, 0.717) is 22.1 Å². The Labute approximate surface area is 162 Å². The smallest absolute Gasteiger partial charge is 0.286 e. The van der Waals surface area contributed by atoms with Crippen molar-refractivity contribution in [2.45, 2.75) is 18.9 Å². The molecule has 1 atom stereocenters. The van der Waals surface area contributed by atoms with Crippen LogP contribution in [-0.4, -0.2) is 33.5 Å². The molecule has 138 valence electrons. The van der Waals surface area contributed by atoms with Crippen LogP contribution in [0.5, 0.6) is 0 Å². The van der Waals surface area contributed by atoms with Crippen LogP contribution in [-0.2, 0) is 0 Å². The van der Waals surface area contributed by atoms with Gasteiger partial charge in [0.25, 0.3) is 11.8 Å². The van der Waals surface area contributed by atoms with Gasteiger partial charge in [0.1, 0.15) is 10.8 Å². The third-order valence-electron chi connectivity index (χ3n) is 4.25. The number of hydrogen-bond acceptors (Lipinski definition) is 6. The highest BCUT2D eigenvalue weighted by Gasteiger charge is 2.34. The number of anilines is 1. The van der Waals surface area contributed by atoms with Crippen molar-refractivity contribution in [3.63, 3.8) is 0 Å². The molecule has 0 spiro atoms. The lowest BCUT2D eigenvalue weighted by Crippen LogP contribution is -2.29. The van der Waals surface area contributed by atoms with E-state index < -0.39 is 11.7 Å². The largest absolute Gasteiger partial charge is 0.328 e. The molecule has 0 radical (unpaired) electrons. The third kappa shape index (κ3) is 3.74. The van der Waals surface area contributed by atoms with Gasteiger partial charge < -0.3 is 10.2 Å². The zero-order valence-corrected chi connectivity index (χ0v) is 15.7. The van der Waals surface area contributed by atoms with E-state index in [-0.39, 0.29) is 17.0 Å². The monoisotopic (exact) mass is 402 g/mol. The predicted molar refractivity (Wildman–Crippen MR) is 102 cm³/mol. The molecule has 2 aromatic heterocycles. The Balaban J connectivity index is 1.49. The van der Waals surface area contributed by atoms with E-state index >= 15 is 0 Å². The molecule has 1 aliphatic rings. The number of hydrogen-bond donors (Lipinski definition) is 1. The van der Waals surface area contributed by atoms with E-state index in [1.54, 1.807) is 17.0 Å². The summed E-state index contributed by atoms with van der Waals surface area (Å²) in [6, 6.07) is 9.14. The number of nitrogens with zero attached hydrogens (tertiary/aromatic N) is 3. The van der Waals surface area contributed by atoms with Crippen molar-refractivity contribution in [2.24, 2.45) is 0 Å². The predicted octanol–water partition coefficient (Wildman–Crippen LogP) is 3.97. The van der Waals surface area contributed by atoms with Crippen molar-refractivity contribution >= 4 is 40.2 Å². The minimum atomic E-state index is -0.446. The van der Waals surface area contributed by atoms with Gasteiger partial charge >= 0.3 is 0 Å². The van der Waals surface area contributed by atoms with E-state index in [2.05, 4.69) is 15.5 Å². The van der Waals surface area contributed by atoms with E-state index in [1.165, 1.54) is 29.5 Å². The number of likely N-dealkylation sites (tertiary alicyclic amines) is 1. The molecule has 3 aromatic rings. The van der Waals surface area contributed by atoms with Crippen molar-refractivity contribution in [2.75, 3.05) is 11.9 Å². The number of nitrogens with one attached hydrogen (secondary N) is 1. The molecule has 0 unspecified atom stereocenters. The van der Waals surface area contributed by atoms with Crippen molar-refractivity contribution in [1.82, 2.24) is 15.1 Å². The molecule has 9 heteroatoms. The maximum absolute atomic E-state index is 13.3. The Kier molecular flexibility index (Phi) is 4.95. The second kappa shape index (κ2) is 7.53. The van der Waals surface area contributed by atoms with Gasteiger partial charge in [-0.1, -0.05) is 23.5 Å². The molecule has 1 N–H and O–H groups in total. The van der Waals surface area contributed by atoms with Crippen molar-refractivity contribution in [1.29, 1.82) is 0 Å². The number of rotatable bonds is 4. The van der Waals surface area contributed by atoms with Gasteiger partial charge in [0, 0.05) is 12.2 Å². The second-order valence-electron chi connectivity index (χ2n) is 6.04. The van der Waals surface area contributed by atoms with Crippen LogP contribution in [0, 0.1) is 5.82 Å². The van der Waals surface area contributed by atoms with E-state index in [9.17, 15) is 14.0 Å². The van der Waals surface area contributed by atoms with Crippen LogP contribution >= 0.6 is 22.7 Å². The highest BCUT2D eigenvalue weighted by Crippen LogP contribution is 2.35. The summed E-state index contributed by atoms with van der Waals surface area (Å²) in [5, 5.41) is 13.4. The summed E-state index contributed by atoms with van der Waals surface area (Å²) in [5.74, 6) is -0.897. The van der Waals surface area contributed by atoms with E-state index in [4.69, 9.17) is 0 Å². The van der Waals surface area contributed by atoms with Gasteiger partial charge in [0.15, 0.2) is 0 Å². The van der Waals surface area contributed by atoms with Gasteiger partial charge in [-0.15, -0.1) is 21.5 Å². The Bertz CT molecular complexity index is 973. The second-order valence-corrected chi connectivity index (χ2v) is 8.00. The first-order valence-electron chi connectivity index (χ1n) is 8.36. The molecular formula is C18H15FN4O2S2. The molecule has 1 aliphatic heterocycles. The number of carbonyl (C=O) groups is 2. The molecule has 2 amide bonds. The highest BCUT2D eigenvalue weighted by atomic mass is 32.1. The molecule has 4 rings (SSSR count). The molecule has 0 aliphatic carbocycles. The van der Waals surface area contributed by atoms with Crippen molar-refractivity contribution in [3.8, 4) is 0 Å². The summed E-state index contributed by atoms with van der Waals surface area (Å²) in [4.78, 5) is 27.5. The first kappa shape index (κ1) is 17.7. The molecule has 1 saturated heterocycles. The van der Waals surface area contributed by atoms with Gasteiger partial charge in [-0.2, -0.15) is 0 Å². The first-order chi connectivity index (χ1) is 13.1. The molecular weight excluding hydrogens is 387 g/mol. The molecule has 3 heterocycles.